The minimum absolute atomic E-state index is 0. The molecule has 0 saturated heterocycles. The van der Waals surface area contributed by atoms with Gasteiger partial charge < -0.3 is 10.1 Å². The predicted octanol–water partition coefficient (Wildman–Crippen LogP) is 3.39. The van der Waals surface area contributed by atoms with Gasteiger partial charge in [-0.15, -0.1) is 0 Å². The van der Waals surface area contributed by atoms with Crippen molar-refractivity contribution in [2.45, 2.75) is 20.2 Å². The molecule has 1 aromatic carbocycles. The third kappa shape index (κ3) is 3.08. The van der Waals surface area contributed by atoms with Crippen molar-refractivity contribution in [3.63, 3.8) is 0 Å². The minimum atomic E-state index is -4.58. The molecule has 2 N–H and O–H groups in total. The van der Waals surface area contributed by atoms with Gasteiger partial charge in [-0.2, -0.15) is 13.2 Å². The molecule has 0 aliphatic heterocycles. The second-order valence-corrected chi connectivity index (χ2v) is 3.94. The van der Waals surface area contributed by atoms with Crippen LogP contribution in [0.3, 0.4) is 0 Å². The van der Waals surface area contributed by atoms with Crippen LogP contribution >= 0.6 is 0 Å². The molecular weight excluding hydrogens is 271 g/mol. The highest BCUT2D eigenvalue weighted by molar-refractivity contribution is 6.10. The normalized spacial score (nSPS) is 11.0. The lowest BCUT2D eigenvalue weighted by Gasteiger charge is -2.10. The Labute approximate surface area is 114 Å². The zero-order valence-corrected chi connectivity index (χ0v) is 9.66. The first-order valence-electron chi connectivity index (χ1n) is 5.42. The summed E-state index contributed by atoms with van der Waals surface area (Å²) in [6.07, 6.45) is -3.30. The Morgan fingerprint density at radius 3 is 2.45 bits per heavy atom. The highest BCUT2D eigenvalue weighted by atomic mass is 19.4. The predicted molar refractivity (Wildman–Crippen MR) is 68.3 cm³/mol. The number of carbonyl (C=O) groups is 1. The molecular formula is C14H14F3NO2. The lowest BCUT2D eigenvalue weighted by molar-refractivity contribution is -0.137. The van der Waals surface area contributed by atoms with Crippen molar-refractivity contribution in [3.05, 3.63) is 58.9 Å². The number of nitrogens with one attached hydrogen (secondary N) is 1. The summed E-state index contributed by atoms with van der Waals surface area (Å²) in [7, 11) is 0. The topological polar surface area (TPSA) is 53.1 Å². The van der Waals surface area contributed by atoms with E-state index in [0.717, 1.165) is 12.1 Å². The first kappa shape index (κ1) is 16.0. The fraction of sp³-hybridized carbons (Fsp3) is 0.214. The van der Waals surface area contributed by atoms with E-state index in [9.17, 15) is 18.0 Å². The lowest BCUT2D eigenvalue weighted by Crippen LogP contribution is -2.13. The van der Waals surface area contributed by atoms with E-state index in [0.29, 0.717) is 5.69 Å². The van der Waals surface area contributed by atoms with Gasteiger partial charge in [-0.1, -0.05) is 25.6 Å². The van der Waals surface area contributed by atoms with Gasteiger partial charge in [0.1, 0.15) is 0 Å². The summed E-state index contributed by atoms with van der Waals surface area (Å²) in [4.78, 5) is 14.7. The second-order valence-electron chi connectivity index (χ2n) is 3.94. The minimum Gasteiger partial charge on any atom is -0.390 e. The number of aliphatic hydroxyl groups excluding tert-OH is 1. The van der Waals surface area contributed by atoms with Gasteiger partial charge in [-0.25, -0.2) is 0 Å². The van der Waals surface area contributed by atoms with Gasteiger partial charge >= 0.3 is 6.18 Å². The Hall–Kier alpha value is -2.08. The molecule has 0 amide bonds. The number of aromatic amines is 1. The van der Waals surface area contributed by atoms with E-state index >= 15 is 0 Å². The van der Waals surface area contributed by atoms with Crippen molar-refractivity contribution in [3.8, 4) is 0 Å². The van der Waals surface area contributed by atoms with Crippen molar-refractivity contribution >= 4 is 5.78 Å². The fourth-order valence-corrected chi connectivity index (χ4v) is 1.75. The summed E-state index contributed by atoms with van der Waals surface area (Å²) in [6.45, 7) is -0.311. The van der Waals surface area contributed by atoms with Gasteiger partial charge in [0.05, 0.1) is 12.2 Å². The van der Waals surface area contributed by atoms with Crippen LogP contribution in [0.1, 0.15) is 34.6 Å². The number of H-pyrrole nitrogens is 1. The van der Waals surface area contributed by atoms with Crippen LogP contribution in [-0.2, 0) is 12.8 Å². The summed E-state index contributed by atoms with van der Waals surface area (Å²) in [5.41, 5.74) is -0.918. The van der Waals surface area contributed by atoms with Crippen LogP contribution in [0.2, 0.25) is 0 Å². The molecule has 2 aromatic rings. The van der Waals surface area contributed by atoms with Crippen molar-refractivity contribution in [1.29, 1.82) is 0 Å². The second kappa shape index (κ2) is 5.92. The number of rotatable bonds is 3. The van der Waals surface area contributed by atoms with E-state index in [1.807, 2.05) is 0 Å². The summed E-state index contributed by atoms with van der Waals surface area (Å²) < 4.78 is 38.4. The first-order chi connectivity index (χ1) is 8.93. The number of hydrogen-bond acceptors (Lipinski definition) is 2. The molecule has 6 heteroatoms. The molecule has 0 aliphatic rings. The smallest absolute Gasteiger partial charge is 0.390 e. The molecule has 0 fully saturated rings. The van der Waals surface area contributed by atoms with Crippen LogP contribution < -0.4 is 0 Å². The van der Waals surface area contributed by atoms with E-state index in [2.05, 4.69) is 4.98 Å². The van der Waals surface area contributed by atoms with Crippen LogP contribution in [0.4, 0.5) is 13.2 Å². The average Bonchev–Trinajstić information content (AvgIpc) is 2.85. The van der Waals surface area contributed by atoms with E-state index in [1.165, 1.54) is 24.4 Å². The molecule has 20 heavy (non-hydrogen) atoms. The maximum absolute atomic E-state index is 12.8. The van der Waals surface area contributed by atoms with Crippen LogP contribution in [-0.4, -0.2) is 15.9 Å². The van der Waals surface area contributed by atoms with Crippen molar-refractivity contribution in [1.82, 2.24) is 4.98 Å². The zero-order chi connectivity index (χ0) is 14.0. The quantitative estimate of drug-likeness (QED) is 0.849. The molecule has 0 saturated carbocycles. The van der Waals surface area contributed by atoms with Gasteiger partial charge in [0.15, 0.2) is 5.78 Å². The Balaban J connectivity index is 0.00000200. The van der Waals surface area contributed by atoms with E-state index < -0.39 is 23.1 Å². The molecule has 1 heterocycles. The number of hydrogen-bond donors (Lipinski definition) is 2. The van der Waals surface area contributed by atoms with Crippen molar-refractivity contribution in [2.75, 3.05) is 0 Å². The van der Waals surface area contributed by atoms with Crippen molar-refractivity contribution in [2.24, 2.45) is 0 Å². The standard InChI is InChI=1S/C13H10F3NO2.CH4/c14-13(15,16)11-4-2-1-3-10(11)12(19)8-5-9(7-18)17-6-8;/h1-6,17-18H,7H2;1H4. The SMILES string of the molecule is C.O=C(c1c[nH]c(CO)c1)c1ccccc1C(F)(F)F. The zero-order valence-electron chi connectivity index (χ0n) is 9.66. The Kier molecular flexibility index (Phi) is 4.73. The van der Waals surface area contributed by atoms with Crippen LogP contribution in [0, 0.1) is 0 Å². The Morgan fingerprint density at radius 1 is 1.25 bits per heavy atom. The van der Waals surface area contributed by atoms with Gasteiger partial charge in [0.2, 0.25) is 0 Å². The summed E-state index contributed by atoms with van der Waals surface area (Å²) in [5.74, 6) is -0.733. The average molecular weight is 285 g/mol. The molecule has 1 aromatic heterocycles. The van der Waals surface area contributed by atoms with Gasteiger partial charge in [-0.05, 0) is 12.1 Å². The van der Waals surface area contributed by atoms with Gasteiger partial charge in [-0.3, -0.25) is 4.79 Å². The highest BCUT2D eigenvalue weighted by Crippen LogP contribution is 2.32. The molecule has 2 rings (SSSR count). The summed E-state index contributed by atoms with van der Waals surface area (Å²) in [5, 5.41) is 8.86. The molecule has 0 aliphatic carbocycles. The lowest BCUT2D eigenvalue weighted by atomic mass is 9.99. The molecule has 108 valence electrons. The molecule has 0 unspecified atom stereocenters. The highest BCUT2D eigenvalue weighted by Gasteiger charge is 2.35. The van der Waals surface area contributed by atoms with Crippen LogP contribution in [0.25, 0.3) is 0 Å². The van der Waals surface area contributed by atoms with Gasteiger partial charge in [0.25, 0.3) is 0 Å². The number of halogens is 3. The van der Waals surface area contributed by atoms with Crippen molar-refractivity contribution < 1.29 is 23.1 Å². The summed E-state index contributed by atoms with van der Waals surface area (Å²) >= 11 is 0. The van der Waals surface area contributed by atoms with Crippen LogP contribution in [0.15, 0.2) is 36.5 Å². The summed E-state index contributed by atoms with van der Waals surface area (Å²) in [6, 6.07) is 5.94. The number of ketones is 1. The number of aliphatic hydroxyl groups is 1. The number of carbonyl (C=O) groups excluding carboxylic acids is 1. The molecule has 3 nitrogen and oxygen atoms in total. The maximum atomic E-state index is 12.8. The Bertz CT molecular complexity index is 602. The Morgan fingerprint density at radius 2 is 1.90 bits per heavy atom. The number of aromatic nitrogens is 1. The van der Waals surface area contributed by atoms with Gasteiger partial charge in [0, 0.05) is 23.0 Å². The molecule has 0 radical (unpaired) electrons. The van der Waals surface area contributed by atoms with E-state index in [-0.39, 0.29) is 19.6 Å². The largest absolute Gasteiger partial charge is 0.417 e. The van der Waals surface area contributed by atoms with E-state index in [4.69, 9.17) is 5.11 Å². The number of alkyl halides is 3. The molecule has 0 spiro atoms. The maximum Gasteiger partial charge on any atom is 0.417 e. The third-order valence-electron chi connectivity index (χ3n) is 2.65. The third-order valence-corrected chi connectivity index (χ3v) is 2.65. The molecule has 0 atom stereocenters. The number of benzene rings is 1. The monoisotopic (exact) mass is 285 g/mol. The van der Waals surface area contributed by atoms with E-state index in [1.54, 1.807) is 0 Å². The fourth-order valence-electron chi connectivity index (χ4n) is 1.75. The molecule has 0 bridgehead atoms. The van der Waals surface area contributed by atoms with Crippen LogP contribution in [0.5, 0.6) is 0 Å². The first-order valence-corrected chi connectivity index (χ1v) is 5.42.